The van der Waals surface area contributed by atoms with Gasteiger partial charge in [-0.25, -0.2) is 0 Å². The molecule has 2 unspecified atom stereocenters. The van der Waals surface area contributed by atoms with Gasteiger partial charge < -0.3 is 9.84 Å². The molecule has 0 fully saturated rings. The molecule has 26 heavy (non-hydrogen) atoms. The van der Waals surface area contributed by atoms with Gasteiger partial charge in [-0.2, -0.15) is 0 Å². The highest BCUT2D eigenvalue weighted by Gasteiger charge is 2.23. The molecule has 0 aliphatic heterocycles. The van der Waals surface area contributed by atoms with Gasteiger partial charge in [-0.05, 0) is 46.0 Å². The molecule has 0 radical (unpaired) electrons. The van der Waals surface area contributed by atoms with E-state index in [2.05, 4.69) is 19.1 Å². The predicted octanol–water partition coefficient (Wildman–Crippen LogP) is 5.37. The Bertz CT molecular complexity index is 390. The molecule has 0 heterocycles. The third-order valence-electron chi connectivity index (χ3n) is 4.64. The minimum atomic E-state index is -0.589. The summed E-state index contributed by atoms with van der Waals surface area (Å²) < 4.78 is 4.95. The molecule has 0 saturated carbocycles. The first-order valence-electron chi connectivity index (χ1n) is 10.5. The molecule has 4 nitrogen and oxygen atoms in total. The van der Waals surface area contributed by atoms with Crippen LogP contribution in [-0.2, 0) is 14.3 Å². The zero-order valence-electron chi connectivity index (χ0n) is 17.2. The molecule has 0 amide bonds. The van der Waals surface area contributed by atoms with Crippen LogP contribution in [0.5, 0.6) is 0 Å². The third kappa shape index (κ3) is 14.1. The minimum absolute atomic E-state index is 0.0976. The van der Waals surface area contributed by atoms with Crippen molar-refractivity contribution in [1.29, 1.82) is 0 Å². The standard InChI is InChI=1S/C22H40O4/c1-4-6-7-13-16-20(24)17-14-11-9-8-10-12-15-18-21(19(3)23)22(25)26-5-2/h11,14,20-21,24H,4-10,12-13,15-18H2,1-3H3/b14-11-. The smallest absolute Gasteiger partial charge is 0.316 e. The van der Waals surface area contributed by atoms with E-state index in [0.717, 1.165) is 51.4 Å². The Hall–Kier alpha value is -1.16. The van der Waals surface area contributed by atoms with Crippen LogP contribution in [-0.4, -0.2) is 29.6 Å². The van der Waals surface area contributed by atoms with Crippen molar-refractivity contribution in [3.63, 3.8) is 0 Å². The molecule has 0 aromatic carbocycles. The van der Waals surface area contributed by atoms with Crippen LogP contribution in [0.15, 0.2) is 12.2 Å². The van der Waals surface area contributed by atoms with Crippen LogP contribution in [0.1, 0.15) is 97.8 Å². The van der Waals surface area contributed by atoms with E-state index in [1.807, 2.05) is 0 Å². The molecule has 0 saturated heterocycles. The first kappa shape index (κ1) is 24.8. The molecule has 0 rings (SSSR count). The Morgan fingerprint density at radius 3 is 2.23 bits per heavy atom. The van der Waals surface area contributed by atoms with E-state index in [0.29, 0.717) is 13.0 Å². The molecule has 0 aliphatic rings. The SMILES string of the molecule is CCCCCCC(O)C/C=C\CCCCCCC(C(C)=O)C(=O)OCC. The summed E-state index contributed by atoms with van der Waals surface area (Å²) in [7, 11) is 0. The lowest BCUT2D eigenvalue weighted by Crippen LogP contribution is -2.24. The summed E-state index contributed by atoms with van der Waals surface area (Å²) in [5.41, 5.74) is 0. The number of hydrogen-bond acceptors (Lipinski definition) is 4. The van der Waals surface area contributed by atoms with Crippen LogP contribution in [0.25, 0.3) is 0 Å². The maximum Gasteiger partial charge on any atom is 0.316 e. The van der Waals surface area contributed by atoms with Gasteiger partial charge in [0, 0.05) is 0 Å². The van der Waals surface area contributed by atoms with Gasteiger partial charge in [-0.3, -0.25) is 9.59 Å². The zero-order chi connectivity index (χ0) is 19.6. The minimum Gasteiger partial charge on any atom is -0.465 e. The van der Waals surface area contributed by atoms with Crippen molar-refractivity contribution in [3.8, 4) is 0 Å². The highest BCUT2D eigenvalue weighted by Crippen LogP contribution is 2.15. The van der Waals surface area contributed by atoms with E-state index >= 15 is 0 Å². The van der Waals surface area contributed by atoms with Crippen molar-refractivity contribution in [2.24, 2.45) is 5.92 Å². The Labute approximate surface area is 160 Å². The second-order valence-corrected chi connectivity index (χ2v) is 7.12. The van der Waals surface area contributed by atoms with Crippen LogP contribution in [0, 0.1) is 5.92 Å². The number of aliphatic hydroxyl groups is 1. The lowest BCUT2D eigenvalue weighted by molar-refractivity contribution is -0.151. The number of carbonyl (C=O) groups excluding carboxylic acids is 2. The van der Waals surface area contributed by atoms with E-state index in [1.165, 1.54) is 26.2 Å². The van der Waals surface area contributed by atoms with Crippen molar-refractivity contribution in [2.45, 2.75) is 104 Å². The summed E-state index contributed by atoms with van der Waals surface area (Å²) in [5.74, 6) is -1.07. The monoisotopic (exact) mass is 368 g/mol. The number of rotatable bonds is 17. The van der Waals surface area contributed by atoms with E-state index < -0.39 is 5.92 Å². The molecular formula is C22H40O4. The predicted molar refractivity (Wildman–Crippen MR) is 107 cm³/mol. The fourth-order valence-corrected chi connectivity index (χ4v) is 2.99. The van der Waals surface area contributed by atoms with Crippen LogP contribution in [0.4, 0.5) is 0 Å². The molecule has 0 bridgehead atoms. The number of carbonyl (C=O) groups is 2. The Kier molecular flexibility index (Phi) is 16.5. The Morgan fingerprint density at radius 1 is 0.923 bits per heavy atom. The summed E-state index contributed by atoms with van der Waals surface area (Å²) in [6.45, 7) is 5.74. The summed E-state index contributed by atoms with van der Waals surface area (Å²) >= 11 is 0. The number of allylic oxidation sites excluding steroid dienone is 1. The average molecular weight is 369 g/mol. The summed E-state index contributed by atoms with van der Waals surface area (Å²) in [6, 6.07) is 0. The number of esters is 1. The van der Waals surface area contributed by atoms with E-state index in [1.54, 1.807) is 6.92 Å². The first-order chi connectivity index (χ1) is 12.5. The van der Waals surface area contributed by atoms with Crippen LogP contribution in [0.3, 0.4) is 0 Å². The summed E-state index contributed by atoms with van der Waals surface area (Å²) in [5, 5.41) is 9.88. The third-order valence-corrected chi connectivity index (χ3v) is 4.64. The molecular weight excluding hydrogens is 328 g/mol. The number of Topliss-reactive ketones (excluding diaryl/α,β-unsaturated/α-hetero) is 1. The topological polar surface area (TPSA) is 63.6 Å². The summed E-state index contributed by atoms with van der Waals surface area (Å²) in [6.07, 6.45) is 16.3. The van der Waals surface area contributed by atoms with Gasteiger partial charge in [-0.1, -0.05) is 64.0 Å². The van der Waals surface area contributed by atoms with Crippen LogP contribution >= 0.6 is 0 Å². The number of aliphatic hydroxyl groups excluding tert-OH is 1. The molecule has 0 spiro atoms. The largest absolute Gasteiger partial charge is 0.465 e. The second kappa shape index (κ2) is 17.3. The maximum absolute atomic E-state index is 11.7. The maximum atomic E-state index is 11.7. The van der Waals surface area contributed by atoms with Crippen molar-refractivity contribution in [1.82, 2.24) is 0 Å². The normalized spacial score (nSPS) is 13.7. The number of hydrogen-bond donors (Lipinski definition) is 1. The van der Waals surface area contributed by atoms with Gasteiger partial charge in [0.15, 0.2) is 0 Å². The quantitative estimate of drug-likeness (QED) is 0.162. The molecule has 4 heteroatoms. The molecule has 2 atom stereocenters. The van der Waals surface area contributed by atoms with E-state index in [9.17, 15) is 14.7 Å². The van der Waals surface area contributed by atoms with Gasteiger partial charge in [0.25, 0.3) is 0 Å². The van der Waals surface area contributed by atoms with E-state index in [4.69, 9.17) is 4.74 Å². The fourth-order valence-electron chi connectivity index (χ4n) is 2.99. The van der Waals surface area contributed by atoms with Gasteiger partial charge in [0.2, 0.25) is 0 Å². The number of ketones is 1. The number of unbranched alkanes of at least 4 members (excludes halogenated alkanes) is 7. The lowest BCUT2D eigenvalue weighted by atomic mass is 9.97. The van der Waals surface area contributed by atoms with Crippen molar-refractivity contribution in [2.75, 3.05) is 6.61 Å². The summed E-state index contributed by atoms with van der Waals surface area (Å²) in [4.78, 5) is 23.2. The van der Waals surface area contributed by atoms with Gasteiger partial charge in [0.05, 0.1) is 12.7 Å². The molecule has 0 aromatic rings. The van der Waals surface area contributed by atoms with Gasteiger partial charge in [-0.15, -0.1) is 0 Å². The van der Waals surface area contributed by atoms with Crippen LogP contribution in [0.2, 0.25) is 0 Å². The highest BCUT2D eigenvalue weighted by molar-refractivity contribution is 5.97. The fraction of sp³-hybridized carbons (Fsp3) is 0.818. The Balaban J connectivity index is 3.65. The number of ether oxygens (including phenoxy) is 1. The van der Waals surface area contributed by atoms with Crippen molar-refractivity contribution in [3.05, 3.63) is 12.2 Å². The first-order valence-corrected chi connectivity index (χ1v) is 10.5. The molecule has 0 aliphatic carbocycles. The van der Waals surface area contributed by atoms with E-state index in [-0.39, 0.29) is 17.9 Å². The van der Waals surface area contributed by atoms with Crippen LogP contribution < -0.4 is 0 Å². The second-order valence-electron chi connectivity index (χ2n) is 7.12. The lowest BCUT2D eigenvalue weighted by Gasteiger charge is -2.12. The average Bonchev–Trinajstić information content (AvgIpc) is 2.60. The van der Waals surface area contributed by atoms with Gasteiger partial charge in [0.1, 0.15) is 11.7 Å². The highest BCUT2D eigenvalue weighted by atomic mass is 16.5. The molecule has 1 N–H and O–H groups in total. The molecule has 152 valence electrons. The van der Waals surface area contributed by atoms with Crippen molar-refractivity contribution < 1.29 is 19.4 Å². The zero-order valence-corrected chi connectivity index (χ0v) is 17.2. The van der Waals surface area contributed by atoms with Crippen molar-refractivity contribution >= 4 is 11.8 Å². The van der Waals surface area contributed by atoms with Gasteiger partial charge >= 0.3 is 5.97 Å². The molecule has 0 aromatic heterocycles. The Morgan fingerprint density at radius 2 is 1.58 bits per heavy atom.